The fourth-order valence-corrected chi connectivity index (χ4v) is 3.98. The summed E-state index contributed by atoms with van der Waals surface area (Å²) in [4.78, 5) is 24.9. The number of amides is 2. The first kappa shape index (κ1) is 19.6. The molecule has 6 nitrogen and oxygen atoms in total. The molecule has 1 atom stereocenters. The molecule has 2 heterocycles. The van der Waals surface area contributed by atoms with Gasteiger partial charge in [0.1, 0.15) is 5.75 Å². The van der Waals surface area contributed by atoms with Crippen molar-refractivity contribution >= 4 is 33.5 Å². The van der Waals surface area contributed by atoms with Gasteiger partial charge in [0.25, 0.3) is 0 Å². The average molecular weight is 456 g/mol. The van der Waals surface area contributed by atoms with E-state index in [2.05, 4.69) is 26.3 Å². The number of fused-ring (bicyclic) bond motifs is 1. The summed E-state index contributed by atoms with van der Waals surface area (Å²) in [6.07, 6.45) is 1.73. The lowest BCUT2D eigenvalue weighted by Gasteiger charge is -2.27. The molecule has 2 amide bonds. The second-order valence-corrected chi connectivity index (χ2v) is 8.03. The number of carbonyl (C=O) groups excluding carboxylic acids is 2. The SMILES string of the molecule is O=C(CCC(=O)N1CCC(c2ccccc2)=N1)NC1CCOc2ccc(Br)cc21. The molecule has 0 bridgehead atoms. The van der Waals surface area contributed by atoms with Crippen LogP contribution in [0.4, 0.5) is 0 Å². The Morgan fingerprint density at radius 2 is 2.00 bits per heavy atom. The van der Waals surface area contributed by atoms with Gasteiger partial charge in [-0.3, -0.25) is 9.59 Å². The first-order valence-corrected chi connectivity index (χ1v) is 10.5. The lowest BCUT2D eigenvalue weighted by atomic mass is 10.0. The van der Waals surface area contributed by atoms with Crippen molar-refractivity contribution in [3.05, 3.63) is 64.1 Å². The van der Waals surface area contributed by atoms with E-state index in [-0.39, 0.29) is 30.7 Å². The van der Waals surface area contributed by atoms with Gasteiger partial charge in [0.15, 0.2) is 0 Å². The third-order valence-electron chi connectivity index (χ3n) is 5.11. The Labute approximate surface area is 178 Å². The van der Waals surface area contributed by atoms with Crippen LogP contribution in [0.15, 0.2) is 58.1 Å². The molecule has 0 saturated heterocycles. The second-order valence-electron chi connectivity index (χ2n) is 7.12. The first-order chi connectivity index (χ1) is 14.1. The van der Waals surface area contributed by atoms with E-state index in [0.717, 1.165) is 33.5 Å². The van der Waals surface area contributed by atoms with E-state index in [1.165, 1.54) is 5.01 Å². The minimum Gasteiger partial charge on any atom is -0.493 e. The smallest absolute Gasteiger partial charge is 0.243 e. The summed E-state index contributed by atoms with van der Waals surface area (Å²) in [5, 5.41) is 8.96. The maximum atomic E-state index is 12.5. The van der Waals surface area contributed by atoms with Crippen molar-refractivity contribution in [3.63, 3.8) is 0 Å². The van der Waals surface area contributed by atoms with Crippen molar-refractivity contribution in [2.75, 3.05) is 13.2 Å². The van der Waals surface area contributed by atoms with Crippen molar-refractivity contribution in [1.29, 1.82) is 0 Å². The highest BCUT2D eigenvalue weighted by Crippen LogP contribution is 2.34. The molecule has 1 unspecified atom stereocenters. The van der Waals surface area contributed by atoms with Gasteiger partial charge in [-0.15, -0.1) is 0 Å². The molecule has 2 aromatic carbocycles. The summed E-state index contributed by atoms with van der Waals surface area (Å²) in [5.41, 5.74) is 2.90. The lowest BCUT2D eigenvalue weighted by molar-refractivity contribution is -0.133. The van der Waals surface area contributed by atoms with Gasteiger partial charge in [0.2, 0.25) is 11.8 Å². The van der Waals surface area contributed by atoms with Gasteiger partial charge in [-0.05, 0) is 23.8 Å². The zero-order chi connectivity index (χ0) is 20.2. The Morgan fingerprint density at radius 3 is 2.83 bits per heavy atom. The molecule has 4 rings (SSSR count). The third kappa shape index (κ3) is 4.67. The summed E-state index contributed by atoms with van der Waals surface area (Å²) in [7, 11) is 0. The Bertz CT molecular complexity index is 946. The van der Waals surface area contributed by atoms with E-state index in [9.17, 15) is 9.59 Å². The number of carbonyl (C=O) groups is 2. The molecule has 0 aromatic heterocycles. The summed E-state index contributed by atoms with van der Waals surface area (Å²) in [6, 6.07) is 15.5. The third-order valence-corrected chi connectivity index (χ3v) is 5.60. The number of ether oxygens (including phenoxy) is 1. The van der Waals surface area contributed by atoms with Crippen LogP contribution < -0.4 is 10.1 Å². The molecule has 0 fully saturated rings. The number of benzene rings is 2. The van der Waals surface area contributed by atoms with E-state index >= 15 is 0 Å². The van der Waals surface area contributed by atoms with Crippen LogP contribution in [-0.4, -0.2) is 35.7 Å². The number of nitrogens with zero attached hydrogens (tertiary/aromatic N) is 2. The average Bonchev–Trinajstić information content (AvgIpc) is 3.23. The number of rotatable bonds is 5. The van der Waals surface area contributed by atoms with Gasteiger partial charge < -0.3 is 10.1 Å². The van der Waals surface area contributed by atoms with Crippen LogP contribution in [0.2, 0.25) is 0 Å². The van der Waals surface area contributed by atoms with Gasteiger partial charge in [-0.1, -0.05) is 46.3 Å². The van der Waals surface area contributed by atoms with Gasteiger partial charge in [0, 0.05) is 35.7 Å². The minimum absolute atomic E-state index is 0.103. The Hall–Kier alpha value is -2.67. The fraction of sp³-hybridized carbons (Fsp3) is 0.318. The number of hydrogen-bond donors (Lipinski definition) is 1. The van der Waals surface area contributed by atoms with E-state index in [4.69, 9.17) is 4.74 Å². The fourth-order valence-electron chi connectivity index (χ4n) is 3.60. The number of halogens is 1. The Balaban J connectivity index is 1.31. The summed E-state index contributed by atoms with van der Waals surface area (Å²) < 4.78 is 6.60. The van der Waals surface area contributed by atoms with Crippen LogP contribution in [0.25, 0.3) is 0 Å². The zero-order valence-corrected chi connectivity index (χ0v) is 17.5. The van der Waals surface area contributed by atoms with Crippen LogP contribution in [0.3, 0.4) is 0 Å². The molecule has 0 saturated carbocycles. The predicted molar refractivity (Wildman–Crippen MR) is 114 cm³/mol. The largest absolute Gasteiger partial charge is 0.493 e. The Morgan fingerprint density at radius 1 is 1.17 bits per heavy atom. The van der Waals surface area contributed by atoms with Crippen LogP contribution in [0.1, 0.15) is 42.9 Å². The van der Waals surface area contributed by atoms with Crippen LogP contribution >= 0.6 is 15.9 Å². The molecule has 1 N–H and O–H groups in total. The van der Waals surface area contributed by atoms with Gasteiger partial charge in [-0.25, -0.2) is 5.01 Å². The molecule has 29 heavy (non-hydrogen) atoms. The lowest BCUT2D eigenvalue weighted by Crippen LogP contribution is -2.33. The molecule has 0 spiro atoms. The van der Waals surface area contributed by atoms with Gasteiger partial charge in [0.05, 0.1) is 24.9 Å². The van der Waals surface area contributed by atoms with Crippen molar-refractivity contribution in [1.82, 2.24) is 10.3 Å². The standard InChI is InChI=1S/C22H22BrN3O3/c23-16-6-7-20-17(14-16)19(11-13-29-20)24-21(27)8-9-22(28)26-12-10-18(25-26)15-4-2-1-3-5-15/h1-7,14,19H,8-13H2,(H,24,27). The molecule has 2 aliphatic heterocycles. The van der Waals surface area contributed by atoms with Crippen molar-refractivity contribution in [2.24, 2.45) is 5.10 Å². The predicted octanol–water partition coefficient (Wildman–Crippen LogP) is 3.81. The summed E-state index contributed by atoms with van der Waals surface area (Å²) >= 11 is 3.46. The van der Waals surface area contributed by atoms with E-state index < -0.39 is 0 Å². The molecule has 7 heteroatoms. The molecule has 2 aromatic rings. The quantitative estimate of drug-likeness (QED) is 0.744. The van der Waals surface area contributed by atoms with Crippen molar-refractivity contribution < 1.29 is 14.3 Å². The van der Waals surface area contributed by atoms with Gasteiger partial charge >= 0.3 is 0 Å². The molecular weight excluding hydrogens is 434 g/mol. The topological polar surface area (TPSA) is 71.0 Å². The molecule has 0 aliphatic carbocycles. The normalized spacial score (nSPS) is 17.9. The number of hydrogen-bond acceptors (Lipinski definition) is 4. The van der Waals surface area contributed by atoms with Crippen molar-refractivity contribution in [3.8, 4) is 5.75 Å². The maximum absolute atomic E-state index is 12.5. The molecule has 150 valence electrons. The summed E-state index contributed by atoms with van der Waals surface area (Å²) in [6.45, 7) is 1.12. The number of nitrogens with one attached hydrogen (secondary N) is 1. The van der Waals surface area contributed by atoms with Crippen molar-refractivity contribution in [2.45, 2.75) is 31.7 Å². The van der Waals surface area contributed by atoms with Gasteiger partial charge in [-0.2, -0.15) is 5.10 Å². The van der Waals surface area contributed by atoms with E-state index in [0.29, 0.717) is 19.6 Å². The zero-order valence-electron chi connectivity index (χ0n) is 15.9. The summed E-state index contributed by atoms with van der Waals surface area (Å²) in [5.74, 6) is 0.532. The maximum Gasteiger partial charge on any atom is 0.243 e. The van der Waals surface area contributed by atoms with Crippen LogP contribution in [0, 0.1) is 0 Å². The first-order valence-electron chi connectivity index (χ1n) is 9.75. The monoisotopic (exact) mass is 455 g/mol. The van der Waals surface area contributed by atoms with Crippen LogP contribution in [0.5, 0.6) is 5.75 Å². The second kappa shape index (κ2) is 8.78. The molecule has 2 aliphatic rings. The highest BCUT2D eigenvalue weighted by molar-refractivity contribution is 9.10. The molecular formula is C22H22BrN3O3. The highest BCUT2D eigenvalue weighted by Gasteiger charge is 2.25. The minimum atomic E-state index is -0.136. The molecule has 0 radical (unpaired) electrons. The Kier molecular flexibility index (Phi) is 5.94. The number of hydrazone groups is 1. The highest BCUT2D eigenvalue weighted by atomic mass is 79.9. The van der Waals surface area contributed by atoms with E-state index in [1.54, 1.807) is 0 Å². The van der Waals surface area contributed by atoms with Crippen LogP contribution in [-0.2, 0) is 9.59 Å². The van der Waals surface area contributed by atoms with E-state index in [1.807, 2.05) is 48.5 Å².